The summed E-state index contributed by atoms with van der Waals surface area (Å²) >= 11 is 5.84. The standard InChI is InChI=1S/C12H8ClFN4/c1-7-2-3-8(14)6-9(7)12-16-15-11-5-4-10(13)17-18(11)12/h2-6H,1H3. The highest BCUT2D eigenvalue weighted by Crippen LogP contribution is 2.23. The van der Waals surface area contributed by atoms with Gasteiger partial charge in [0.05, 0.1) is 0 Å². The number of hydrogen-bond donors (Lipinski definition) is 0. The summed E-state index contributed by atoms with van der Waals surface area (Å²) in [7, 11) is 0. The first-order chi connectivity index (χ1) is 8.65. The number of halogens is 2. The van der Waals surface area contributed by atoms with Gasteiger partial charge in [0.25, 0.3) is 0 Å². The lowest BCUT2D eigenvalue weighted by Crippen LogP contribution is -1.96. The summed E-state index contributed by atoms with van der Waals surface area (Å²) in [6, 6.07) is 7.85. The number of fused-ring (bicyclic) bond motifs is 1. The molecule has 0 bridgehead atoms. The SMILES string of the molecule is Cc1ccc(F)cc1-c1nnc2ccc(Cl)nn12. The predicted octanol–water partition coefficient (Wildman–Crippen LogP) is 2.89. The molecule has 0 aliphatic carbocycles. The first kappa shape index (κ1) is 11.1. The fourth-order valence-corrected chi connectivity index (χ4v) is 1.91. The minimum Gasteiger partial charge on any atom is -0.207 e. The molecule has 0 aliphatic heterocycles. The van der Waals surface area contributed by atoms with Gasteiger partial charge in [-0.25, -0.2) is 4.39 Å². The highest BCUT2D eigenvalue weighted by Gasteiger charge is 2.12. The summed E-state index contributed by atoms with van der Waals surface area (Å²) in [6.45, 7) is 1.88. The molecule has 0 aliphatic rings. The van der Waals surface area contributed by atoms with E-state index in [0.29, 0.717) is 22.2 Å². The third kappa shape index (κ3) is 1.73. The second-order valence-corrected chi connectivity index (χ2v) is 4.30. The maximum absolute atomic E-state index is 13.3. The zero-order valence-electron chi connectivity index (χ0n) is 9.43. The average Bonchev–Trinajstić information content (AvgIpc) is 2.75. The second-order valence-electron chi connectivity index (χ2n) is 3.91. The fourth-order valence-electron chi connectivity index (χ4n) is 1.77. The van der Waals surface area contributed by atoms with E-state index in [9.17, 15) is 4.39 Å². The molecule has 0 radical (unpaired) electrons. The number of aromatic nitrogens is 4. The summed E-state index contributed by atoms with van der Waals surface area (Å²) in [5, 5.41) is 12.5. The van der Waals surface area contributed by atoms with Crippen molar-refractivity contribution in [2.45, 2.75) is 6.92 Å². The Hall–Kier alpha value is -2.01. The van der Waals surface area contributed by atoms with Crippen molar-refractivity contribution in [3.8, 4) is 11.4 Å². The first-order valence-electron chi connectivity index (χ1n) is 5.29. The van der Waals surface area contributed by atoms with Gasteiger partial charge in [0.1, 0.15) is 11.0 Å². The van der Waals surface area contributed by atoms with Crippen LogP contribution in [0, 0.1) is 12.7 Å². The molecule has 0 spiro atoms. The van der Waals surface area contributed by atoms with Crippen LogP contribution in [-0.2, 0) is 0 Å². The lowest BCUT2D eigenvalue weighted by atomic mass is 10.1. The minimum atomic E-state index is -0.325. The van der Waals surface area contributed by atoms with Gasteiger partial charge in [0, 0.05) is 5.56 Å². The number of nitrogens with zero attached hydrogens (tertiary/aromatic N) is 4. The topological polar surface area (TPSA) is 43.1 Å². The zero-order valence-corrected chi connectivity index (χ0v) is 10.2. The number of rotatable bonds is 1. The van der Waals surface area contributed by atoms with E-state index < -0.39 is 0 Å². The molecule has 0 fully saturated rings. The fraction of sp³-hybridized carbons (Fsp3) is 0.0833. The van der Waals surface area contributed by atoms with E-state index in [0.717, 1.165) is 5.56 Å². The Balaban J connectivity index is 2.31. The molecule has 0 saturated heterocycles. The van der Waals surface area contributed by atoms with Gasteiger partial charge in [-0.1, -0.05) is 17.7 Å². The van der Waals surface area contributed by atoms with Gasteiger partial charge < -0.3 is 0 Å². The molecule has 2 heterocycles. The maximum Gasteiger partial charge on any atom is 0.185 e. The molecule has 18 heavy (non-hydrogen) atoms. The maximum atomic E-state index is 13.3. The van der Waals surface area contributed by atoms with E-state index >= 15 is 0 Å². The van der Waals surface area contributed by atoms with Crippen molar-refractivity contribution >= 4 is 17.2 Å². The Morgan fingerprint density at radius 2 is 2.00 bits per heavy atom. The quantitative estimate of drug-likeness (QED) is 0.677. The number of hydrogen-bond acceptors (Lipinski definition) is 3. The van der Waals surface area contributed by atoms with Gasteiger partial charge in [-0.05, 0) is 36.8 Å². The van der Waals surface area contributed by atoms with Crippen LogP contribution in [0.1, 0.15) is 5.56 Å². The van der Waals surface area contributed by atoms with Crippen LogP contribution in [0.2, 0.25) is 5.15 Å². The van der Waals surface area contributed by atoms with Crippen LogP contribution in [0.5, 0.6) is 0 Å². The molecule has 0 amide bonds. The summed E-state index contributed by atoms with van der Waals surface area (Å²) in [5.74, 6) is 0.152. The van der Waals surface area contributed by atoms with E-state index in [1.807, 2.05) is 6.92 Å². The lowest BCUT2D eigenvalue weighted by molar-refractivity contribution is 0.627. The molecule has 2 aromatic heterocycles. The van der Waals surface area contributed by atoms with Gasteiger partial charge in [0.2, 0.25) is 0 Å². The molecule has 3 rings (SSSR count). The van der Waals surface area contributed by atoms with Crippen LogP contribution >= 0.6 is 11.6 Å². The highest BCUT2D eigenvalue weighted by atomic mass is 35.5. The smallest absolute Gasteiger partial charge is 0.185 e. The minimum absolute atomic E-state index is 0.325. The average molecular weight is 263 g/mol. The summed E-state index contributed by atoms with van der Waals surface area (Å²) < 4.78 is 14.8. The third-order valence-electron chi connectivity index (χ3n) is 2.67. The molecule has 0 atom stereocenters. The largest absolute Gasteiger partial charge is 0.207 e. The van der Waals surface area contributed by atoms with E-state index in [4.69, 9.17) is 11.6 Å². The van der Waals surface area contributed by atoms with Crippen molar-refractivity contribution in [2.75, 3.05) is 0 Å². The zero-order chi connectivity index (χ0) is 12.7. The van der Waals surface area contributed by atoms with Crippen molar-refractivity contribution < 1.29 is 4.39 Å². The van der Waals surface area contributed by atoms with Gasteiger partial charge >= 0.3 is 0 Å². The Morgan fingerprint density at radius 3 is 2.83 bits per heavy atom. The van der Waals surface area contributed by atoms with Crippen LogP contribution in [-0.4, -0.2) is 19.8 Å². The van der Waals surface area contributed by atoms with Gasteiger partial charge in [0.15, 0.2) is 11.5 Å². The first-order valence-corrected chi connectivity index (χ1v) is 5.67. The van der Waals surface area contributed by atoms with E-state index in [2.05, 4.69) is 15.3 Å². The molecule has 4 nitrogen and oxygen atoms in total. The Morgan fingerprint density at radius 1 is 1.17 bits per heavy atom. The van der Waals surface area contributed by atoms with E-state index in [1.165, 1.54) is 16.6 Å². The molecule has 90 valence electrons. The normalized spacial score (nSPS) is 11.1. The molecule has 6 heteroatoms. The van der Waals surface area contributed by atoms with Crippen molar-refractivity contribution in [3.63, 3.8) is 0 Å². The van der Waals surface area contributed by atoms with Crippen molar-refractivity contribution in [2.24, 2.45) is 0 Å². The number of aryl methyl sites for hydroxylation is 1. The second kappa shape index (κ2) is 4.03. The molecule has 0 N–H and O–H groups in total. The summed E-state index contributed by atoms with van der Waals surface area (Å²) in [6.07, 6.45) is 0. The number of benzene rings is 1. The van der Waals surface area contributed by atoms with Crippen molar-refractivity contribution in [1.82, 2.24) is 19.8 Å². The monoisotopic (exact) mass is 262 g/mol. The highest BCUT2D eigenvalue weighted by molar-refractivity contribution is 6.29. The van der Waals surface area contributed by atoms with Crippen molar-refractivity contribution in [1.29, 1.82) is 0 Å². The van der Waals surface area contributed by atoms with Crippen LogP contribution < -0.4 is 0 Å². The van der Waals surface area contributed by atoms with E-state index in [1.54, 1.807) is 18.2 Å². The van der Waals surface area contributed by atoms with Gasteiger partial charge in [-0.3, -0.25) is 0 Å². The van der Waals surface area contributed by atoms with Crippen LogP contribution in [0.15, 0.2) is 30.3 Å². The van der Waals surface area contributed by atoms with E-state index in [-0.39, 0.29) is 5.82 Å². The Kier molecular flexibility index (Phi) is 2.48. The Labute approximate surface area is 107 Å². The summed E-state index contributed by atoms with van der Waals surface area (Å²) in [5.41, 5.74) is 2.11. The van der Waals surface area contributed by atoms with Crippen molar-refractivity contribution in [3.05, 3.63) is 46.9 Å². The van der Waals surface area contributed by atoms with Crippen LogP contribution in [0.4, 0.5) is 4.39 Å². The van der Waals surface area contributed by atoms with Gasteiger partial charge in [-0.2, -0.15) is 9.61 Å². The molecule has 0 unspecified atom stereocenters. The Bertz CT molecular complexity index is 738. The molecule has 3 aromatic rings. The van der Waals surface area contributed by atoms with Crippen LogP contribution in [0.25, 0.3) is 17.0 Å². The summed E-state index contributed by atoms with van der Waals surface area (Å²) in [4.78, 5) is 0. The predicted molar refractivity (Wildman–Crippen MR) is 65.9 cm³/mol. The lowest BCUT2D eigenvalue weighted by Gasteiger charge is -2.03. The van der Waals surface area contributed by atoms with Gasteiger partial charge in [-0.15, -0.1) is 10.2 Å². The van der Waals surface area contributed by atoms with Crippen LogP contribution in [0.3, 0.4) is 0 Å². The molecule has 1 aromatic carbocycles. The molecular weight excluding hydrogens is 255 g/mol. The molecule has 0 saturated carbocycles. The third-order valence-corrected chi connectivity index (χ3v) is 2.87. The molecular formula is C12H8ClFN4.